The van der Waals surface area contributed by atoms with Crippen molar-refractivity contribution in [1.82, 2.24) is 5.32 Å². The van der Waals surface area contributed by atoms with E-state index < -0.39 is 5.97 Å². The summed E-state index contributed by atoms with van der Waals surface area (Å²) >= 11 is 0. The van der Waals surface area contributed by atoms with Gasteiger partial charge >= 0.3 is 5.97 Å². The molecule has 1 aliphatic heterocycles. The maximum absolute atomic E-state index is 13.1. The van der Waals surface area contributed by atoms with Crippen LogP contribution in [-0.2, 0) is 16.0 Å². The van der Waals surface area contributed by atoms with Gasteiger partial charge in [-0.05, 0) is 62.3 Å². The molecule has 6 nitrogen and oxygen atoms in total. The molecule has 4 rings (SSSR count). The van der Waals surface area contributed by atoms with E-state index in [1.165, 1.54) is 5.56 Å². The predicted molar refractivity (Wildman–Crippen MR) is 132 cm³/mol. The van der Waals surface area contributed by atoms with Crippen LogP contribution in [0, 0.1) is 0 Å². The fourth-order valence-corrected chi connectivity index (χ4v) is 3.81. The number of carbonyl (C=O) groups excluding carboxylic acids is 2. The summed E-state index contributed by atoms with van der Waals surface area (Å²) in [5, 5.41) is 9.52. The summed E-state index contributed by atoms with van der Waals surface area (Å²) in [4.78, 5) is 25.2. The van der Waals surface area contributed by atoms with Gasteiger partial charge in [-0.1, -0.05) is 48.5 Å². The molecular weight excluding hydrogens is 414 g/mol. The van der Waals surface area contributed by atoms with Crippen LogP contribution in [0.2, 0.25) is 0 Å². The Kier molecular flexibility index (Phi) is 6.86. The van der Waals surface area contributed by atoms with Crippen LogP contribution >= 0.6 is 0 Å². The molecule has 6 heteroatoms. The Balaban J connectivity index is 1.74. The number of fused-ring (bicyclic) bond motifs is 1. The Morgan fingerprint density at radius 1 is 0.970 bits per heavy atom. The molecular formula is C27H27N3O3. The first-order chi connectivity index (χ1) is 16.1. The first-order valence-corrected chi connectivity index (χ1v) is 11.0. The SMILES string of the molecule is CCOC(=O)c1ccc2c(c1)NC(=O)/C2=C(/Nc1ccc(CCNC)cc1)c1ccccc1. The van der Waals surface area contributed by atoms with Crippen molar-refractivity contribution in [2.24, 2.45) is 0 Å². The fraction of sp³-hybridized carbons (Fsp3) is 0.185. The Bertz CT molecular complexity index is 1180. The van der Waals surface area contributed by atoms with Gasteiger partial charge in [0.05, 0.1) is 29.1 Å². The minimum atomic E-state index is -0.410. The number of likely N-dealkylation sites (N-methyl/N-ethyl adjacent to an activating group) is 1. The molecule has 0 aliphatic carbocycles. The second-order valence-electron chi connectivity index (χ2n) is 7.73. The smallest absolute Gasteiger partial charge is 0.338 e. The highest BCUT2D eigenvalue weighted by Crippen LogP contribution is 2.38. The van der Waals surface area contributed by atoms with E-state index in [1.807, 2.05) is 49.5 Å². The van der Waals surface area contributed by atoms with Crippen LogP contribution in [0.5, 0.6) is 0 Å². The largest absolute Gasteiger partial charge is 0.462 e. The van der Waals surface area contributed by atoms with Crippen LogP contribution in [0.1, 0.15) is 34.0 Å². The zero-order chi connectivity index (χ0) is 23.2. The highest BCUT2D eigenvalue weighted by molar-refractivity contribution is 6.37. The molecule has 0 aromatic heterocycles. The normalized spacial score (nSPS) is 13.8. The molecule has 0 unspecified atom stereocenters. The fourth-order valence-electron chi connectivity index (χ4n) is 3.81. The molecule has 3 aromatic carbocycles. The number of esters is 1. The van der Waals surface area contributed by atoms with E-state index in [-0.39, 0.29) is 5.91 Å². The molecule has 0 saturated carbocycles. The molecule has 0 radical (unpaired) electrons. The van der Waals surface area contributed by atoms with Crippen LogP contribution < -0.4 is 16.0 Å². The van der Waals surface area contributed by atoms with Crippen molar-refractivity contribution >= 4 is 34.5 Å². The van der Waals surface area contributed by atoms with Crippen LogP contribution in [0.4, 0.5) is 11.4 Å². The first-order valence-electron chi connectivity index (χ1n) is 11.0. The number of benzene rings is 3. The molecule has 1 aliphatic rings. The molecule has 1 amide bonds. The lowest BCUT2D eigenvalue weighted by Crippen LogP contribution is -2.11. The minimum Gasteiger partial charge on any atom is -0.462 e. The summed E-state index contributed by atoms with van der Waals surface area (Å²) in [5.41, 5.74) is 6.00. The number of amides is 1. The van der Waals surface area contributed by atoms with Crippen molar-refractivity contribution in [3.8, 4) is 0 Å². The van der Waals surface area contributed by atoms with Gasteiger partial charge in [-0.3, -0.25) is 4.79 Å². The minimum absolute atomic E-state index is 0.219. The number of hydrogen-bond donors (Lipinski definition) is 3. The van der Waals surface area contributed by atoms with Gasteiger partial charge in [0.1, 0.15) is 0 Å². The molecule has 168 valence electrons. The van der Waals surface area contributed by atoms with Crippen molar-refractivity contribution in [1.29, 1.82) is 0 Å². The summed E-state index contributed by atoms with van der Waals surface area (Å²) in [6, 6.07) is 23.1. The maximum atomic E-state index is 13.1. The second-order valence-corrected chi connectivity index (χ2v) is 7.73. The number of rotatable bonds is 8. The number of hydrogen-bond acceptors (Lipinski definition) is 5. The maximum Gasteiger partial charge on any atom is 0.338 e. The quantitative estimate of drug-likeness (QED) is 0.353. The molecule has 0 atom stereocenters. The van der Waals surface area contributed by atoms with Crippen molar-refractivity contribution in [2.75, 3.05) is 30.8 Å². The summed E-state index contributed by atoms with van der Waals surface area (Å²) < 4.78 is 5.09. The van der Waals surface area contributed by atoms with Gasteiger partial charge in [-0.2, -0.15) is 0 Å². The average Bonchev–Trinajstić information content (AvgIpc) is 3.17. The Morgan fingerprint density at radius 2 is 1.73 bits per heavy atom. The zero-order valence-corrected chi connectivity index (χ0v) is 18.8. The summed E-state index contributed by atoms with van der Waals surface area (Å²) in [6.07, 6.45) is 0.946. The highest BCUT2D eigenvalue weighted by Gasteiger charge is 2.29. The van der Waals surface area contributed by atoms with Crippen molar-refractivity contribution in [3.63, 3.8) is 0 Å². The van der Waals surface area contributed by atoms with Crippen molar-refractivity contribution < 1.29 is 14.3 Å². The van der Waals surface area contributed by atoms with Gasteiger partial charge in [0.15, 0.2) is 0 Å². The van der Waals surface area contributed by atoms with E-state index in [0.29, 0.717) is 29.1 Å². The third kappa shape index (κ3) is 4.96. The van der Waals surface area contributed by atoms with Gasteiger partial charge in [-0.15, -0.1) is 0 Å². The van der Waals surface area contributed by atoms with Gasteiger partial charge in [-0.25, -0.2) is 4.79 Å². The second kappa shape index (κ2) is 10.1. The van der Waals surface area contributed by atoms with E-state index in [4.69, 9.17) is 4.74 Å². The molecule has 3 N–H and O–H groups in total. The Hall–Kier alpha value is -3.90. The van der Waals surface area contributed by atoms with Crippen LogP contribution in [0.3, 0.4) is 0 Å². The van der Waals surface area contributed by atoms with E-state index in [2.05, 4.69) is 28.1 Å². The molecule has 1 heterocycles. The summed E-state index contributed by atoms with van der Waals surface area (Å²) in [5.74, 6) is -0.630. The lowest BCUT2D eigenvalue weighted by Gasteiger charge is -2.15. The van der Waals surface area contributed by atoms with E-state index in [1.54, 1.807) is 25.1 Å². The lowest BCUT2D eigenvalue weighted by atomic mass is 9.99. The molecule has 0 fully saturated rings. The van der Waals surface area contributed by atoms with Gasteiger partial charge < -0.3 is 20.7 Å². The number of carbonyl (C=O) groups is 2. The number of ether oxygens (including phenoxy) is 1. The van der Waals surface area contributed by atoms with Crippen LogP contribution in [-0.4, -0.2) is 32.1 Å². The number of nitrogens with one attached hydrogen (secondary N) is 3. The van der Waals surface area contributed by atoms with E-state index in [0.717, 1.165) is 29.8 Å². The predicted octanol–water partition coefficient (Wildman–Crippen LogP) is 4.56. The first kappa shape index (κ1) is 22.3. The summed E-state index contributed by atoms with van der Waals surface area (Å²) in [6.45, 7) is 2.97. The highest BCUT2D eigenvalue weighted by atomic mass is 16.5. The van der Waals surface area contributed by atoms with Crippen LogP contribution in [0.15, 0.2) is 72.8 Å². The van der Waals surface area contributed by atoms with Gasteiger partial charge in [0, 0.05) is 11.3 Å². The standard InChI is InChI=1S/C27H27N3O3/c1-3-33-27(32)20-11-14-22-23(17-20)30-26(31)24(22)25(19-7-5-4-6-8-19)29-21-12-9-18(10-13-21)15-16-28-2/h4-14,17,28-29H,3,15-16H2,1-2H3,(H,30,31)/b25-24+. The average molecular weight is 442 g/mol. The van der Waals surface area contributed by atoms with E-state index in [9.17, 15) is 9.59 Å². The van der Waals surface area contributed by atoms with Gasteiger partial charge in [0.25, 0.3) is 5.91 Å². The van der Waals surface area contributed by atoms with Gasteiger partial charge in [0.2, 0.25) is 0 Å². The molecule has 0 spiro atoms. The molecule has 3 aromatic rings. The number of anilines is 2. The molecule has 33 heavy (non-hydrogen) atoms. The van der Waals surface area contributed by atoms with Crippen LogP contribution in [0.25, 0.3) is 11.3 Å². The topological polar surface area (TPSA) is 79.5 Å². The zero-order valence-electron chi connectivity index (χ0n) is 18.8. The van der Waals surface area contributed by atoms with E-state index >= 15 is 0 Å². The van der Waals surface area contributed by atoms with Crippen molar-refractivity contribution in [3.05, 3.63) is 95.1 Å². The summed E-state index contributed by atoms with van der Waals surface area (Å²) in [7, 11) is 1.94. The lowest BCUT2D eigenvalue weighted by molar-refractivity contribution is -0.110. The Morgan fingerprint density at radius 3 is 2.42 bits per heavy atom. The monoisotopic (exact) mass is 441 g/mol. The molecule has 0 bridgehead atoms. The molecule has 0 saturated heterocycles. The third-order valence-electron chi connectivity index (χ3n) is 5.47. The Labute approximate surface area is 193 Å². The van der Waals surface area contributed by atoms with Crippen molar-refractivity contribution in [2.45, 2.75) is 13.3 Å². The third-order valence-corrected chi connectivity index (χ3v) is 5.47.